The lowest BCUT2D eigenvalue weighted by molar-refractivity contribution is 0.0239. The van der Waals surface area contributed by atoms with Crippen molar-refractivity contribution < 1.29 is 4.74 Å². The second-order valence-corrected chi connectivity index (χ2v) is 5.51. The first-order valence-corrected chi connectivity index (χ1v) is 7.15. The molecule has 0 aromatic heterocycles. The van der Waals surface area contributed by atoms with E-state index in [-0.39, 0.29) is 0 Å². The van der Waals surface area contributed by atoms with Crippen LogP contribution in [0.15, 0.2) is 0 Å². The second kappa shape index (κ2) is 7.34. The molecule has 1 aliphatic rings. The Morgan fingerprint density at radius 3 is 2.65 bits per heavy atom. The van der Waals surface area contributed by atoms with Gasteiger partial charge in [0.25, 0.3) is 0 Å². The third kappa shape index (κ3) is 4.57. The first-order chi connectivity index (χ1) is 8.06. The Morgan fingerprint density at radius 1 is 1.35 bits per heavy atom. The van der Waals surface area contributed by atoms with Crippen molar-refractivity contribution >= 4 is 0 Å². The molecule has 102 valence electrons. The maximum Gasteiger partial charge on any atom is 0.0597 e. The summed E-state index contributed by atoms with van der Waals surface area (Å²) >= 11 is 0. The lowest BCUT2D eigenvalue weighted by Crippen LogP contribution is -2.54. The predicted molar refractivity (Wildman–Crippen MR) is 73.4 cm³/mol. The quantitative estimate of drug-likeness (QED) is 0.772. The Bertz CT molecular complexity index is 208. The summed E-state index contributed by atoms with van der Waals surface area (Å²) in [6.07, 6.45) is 1.61. The minimum Gasteiger partial charge on any atom is -0.377 e. The molecule has 0 aromatic carbocycles. The molecule has 0 aromatic rings. The Morgan fingerprint density at radius 2 is 2.06 bits per heavy atom. The Hall–Kier alpha value is -0.120. The van der Waals surface area contributed by atoms with E-state index in [9.17, 15) is 0 Å². The van der Waals surface area contributed by atoms with Crippen LogP contribution >= 0.6 is 0 Å². The zero-order chi connectivity index (χ0) is 12.8. The molecule has 17 heavy (non-hydrogen) atoms. The van der Waals surface area contributed by atoms with Gasteiger partial charge in [0.15, 0.2) is 0 Å². The fourth-order valence-corrected chi connectivity index (χ4v) is 2.71. The van der Waals surface area contributed by atoms with Crippen molar-refractivity contribution in [3.8, 4) is 0 Å². The van der Waals surface area contributed by atoms with Gasteiger partial charge in [-0.05, 0) is 39.7 Å². The number of nitrogens with zero attached hydrogens (tertiary/aromatic N) is 1. The molecule has 0 radical (unpaired) electrons. The van der Waals surface area contributed by atoms with E-state index in [0.29, 0.717) is 18.2 Å². The number of hydrogen-bond acceptors (Lipinski definition) is 3. The summed E-state index contributed by atoms with van der Waals surface area (Å²) in [5.41, 5.74) is 0. The summed E-state index contributed by atoms with van der Waals surface area (Å²) in [7, 11) is 0. The fraction of sp³-hybridized carbons (Fsp3) is 1.00. The third-order valence-corrected chi connectivity index (χ3v) is 3.99. The number of ether oxygens (including phenoxy) is 1. The zero-order valence-corrected chi connectivity index (χ0v) is 12.2. The van der Waals surface area contributed by atoms with E-state index < -0.39 is 0 Å². The highest BCUT2D eigenvalue weighted by molar-refractivity contribution is 4.88. The van der Waals surface area contributed by atoms with Gasteiger partial charge in [-0.1, -0.05) is 13.8 Å². The first-order valence-electron chi connectivity index (χ1n) is 7.15. The van der Waals surface area contributed by atoms with Gasteiger partial charge < -0.3 is 10.1 Å². The van der Waals surface area contributed by atoms with Crippen LogP contribution < -0.4 is 5.32 Å². The molecule has 1 fully saturated rings. The lowest BCUT2D eigenvalue weighted by atomic mass is 9.87. The van der Waals surface area contributed by atoms with Gasteiger partial charge in [-0.2, -0.15) is 0 Å². The molecule has 3 unspecified atom stereocenters. The van der Waals surface area contributed by atoms with E-state index in [4.69, 9.17) is 4.74 Å². The summed E-state index contributed by atoms with van der Waals surface area (Å²) in [4.78, 5) is 2.57. The maximum atomic E-state index is 5.65. The molecule has 0 amide bonds. The second-order valence-electron chi connectivity index (χ2n) is 5.51. The molecule has 0 spiro atoms. The van der Waals surface area contributed by atoms with Crippen molar-refractivity contribution in [3.63, 3.8) is 0 Å². The van der Waals surface area contributed by atoms with E-state index in [2.05, 4.69) is 44.8 Å². The summed E-state index contributed by atoms with van der Waals surface area (Å²) in [6, 6.07) is 1.35. The Labute approximate surface area is 107 Å². The molecular formula is C14H30N2O. The number of nitrogens with one attached hydrogen (secondary N) is 1. The highest BCUT2D eigenvalue weighted by Crippen LogP contribution is 2.23. The average molecular weight is 242 g/mol. The Kier molecular flexibility index (Phi) is 6.45. The largest absolute Gasteiger partial charge is 0.377 e. The molecule has 1 N–H and O–H groups in total. The molecule has 0 saturated carbocycles. The molecule has 0 bridgehead atoms. The van der Waals surface area contributed by atoms with E-state index in [1.165, 1.54) is 13.0 Å². The normalized spacial score (nSPS) is 31.1. The van der Waals surface area contributed by atoms with Gasteiger partial charge >= 0.3 is 0 Å². The van der Waals surface area contributed by atoms with E-state index in [1.54, 1.807) is 0 Å². The van der Waals surface area contributed by atoms with Crippen LogP contribution in [-0.2, 0) is 4.74 Å². The van der Waals surface area contributed by atoms with Crippen molar-refractivity contribution in [3.05, 3.63) is 0 Å². The summed E-state index contributed by atoms with van der Waals surface area (Å²) in [6.45, 7) is 15.3. The predicted octanol–water partition coefficient (Wildman–Crippen LogP) is 2.12. The van der Waals surface area contributed by atoms with Crippen molar-refractivity contribution in [1.82, 2.24) is 10.2 Å². The van der Waals surface area contributed by atoms with Crippen molar-refractivity contribution in [1.29, 1.82) is 0 Å². The van der Waals surface area contributed by atoms with Gasteiger partial charge in [0.2, 0.25) is 0 Å². The van der Waals surface area contributed by atoms with Crippen LogP contribution in [-0.4, -0.2) is 49.3 Å². The molecule has 3 nitrogen and oxygen atoms in total. The van der Waals surface area contributed by atoms with Gasteiger partial charge in [-0.3, -0.25) is 4.90 Å². The lowest BCUT2D eigenvalue weighted by Gasteiger charge is -2.43. The van der Waals surface area contributed by atoms with Gasteiger partial charge in [-0.15, -0.1) is 0 Å². The van der Waals surface area contributed by atoms with Crippen LogP contribution in [0.4, 0.5) is 0 Å². The summed E-state index contributed by atoms with van der Waals surface area (Å²) in [5.74, 6) is 0.725. The number of piperidine rings is 1. The van der Waals surface area contributed by atoms with Crippen LogP contribution in [0.2, 0.25) is 0 Å². The fourth-order valence-electron chi connectivity index (χ4n) is 2.71. The van der Waals surface area contributed by atoms with Crippen molar-refractivity contribution in [2.75, 3.05) is 26.2 Å². The number of rotatable bonds is 6. The highest BCUT2D eigenvalue weighted by Gasteiger charge is 2.31. The SMILES string of the molecule is CCNC1CCN(CCOC(C)C)C(C)C1C. The molecule has 1 saturated heterocycles. The summed E-state index contributed by atoms with van der Waals surface area (Å²) < 4.78 is 5.65. The third-order valence-electron chi connectivity index (χ3n) is 3.99. The summed E-state index contributed by atoms with van der Waals surface area (Å²) in [5, 5.41) is 3.60. The number of hydrogen-bond donors (Lipinski definition) is 1. The first kappa shape index (κ1) is 14.9. The zero-order valence-electron chi connectivity index (χ0n) is 12.2. The highest BCUT2D eigenvalue weighted by atomic mass is 16.5. The molecular weight excluding hydrogens is 212 g/mol. The van der Waals surface area contributed by atoms with Crippen molar-refractivity contribution in [2.24, 2.45) is 5.92 Å². The molecule has 1 aliphatic heterocycles. The van der Waals surface area contributed by atoms with E-state index in [1.807, 2.05) is 0 Å². The molecule has 3 heteroatoms. The smallest absolute Gasteiger partial charge is 0.0597 e. The van der Waals surface area contributed by atoms with Crippen LogP contribution in [0.3, 0.4) is 0 Å². The van der Waals surface area contributed by atoms with Crippen LogP contribution in [0.1, 0.15) is 41.0 Å². The monoisotopic (exact) mass is 242 g/mol. The maximum absolute atomic E-state index is 5.65. The van der Waals surface area contributed by atoms with Gasteiger partial charge in [-0.25, -0.2) is 0 Å². The molecule has 1 rings (SSSR count). The average Bonchev–Trinajstić information content (AvgIpc) is 2.28. The van der Waals surface area contributed by atoms with Gasteiger partial charge in [0.05, 0.1) is 12.7 Å². The van der Waals surface area contributed by atoms with Crippen LogP contribution in [0.25, 0.3) is 0 Å². The minimum absolute atomic E-state index is 0.349. The number of likely N-dealkylation sites (tertiary alicyclic amines) is 1. The topological polar surface area (TPSA) is 24.5 Å². The van der Waals surface area contributed by atoms with E-state index in [0.717, 1.165) is 25.6 Å². The molecule has 0 aliphatic carbocycles. The molecule has 1 heterocycles. The molecule has 3 atom stereocenters. The Balaban J connectivity index is 2.34. The minimum atomic E-state index is 0.349. The van der Waals surface area contributed by atoms with Crippen LogP contribution in [0.5, 0.6) is 0 Å². The standard InChI is InChI=1S/C14H30N2O/c1-6-15-14-7-8-16(13(5)12(14)4)9-10-17-11(2)3/h11-15H,6-10H2,1-5H3. The van der Waals surface area contributed by atoms with Crippen LogP contribution in [0, 0.1) is 5.92 Å². The van der Waals surface area contributed by atoms with E-state index >= 15 is 0 Å². The van der Waals surface area contributed by atoms with Gasteiger partial charge in [0.1, 0.15) is 0 Å². The van der Waals surface area contributed by atoms with Gasteiger partial charge in [0, 0.05) is 25.2 Å². The van der Waals surface area contributed by atoms with Crippen molar-refractivity contribution in [2.45, 2.75) is 59.2 Å².